The molecule has 1 saturated heterocycles. The Morgan fingerprint density at radius 3 is 2.47 bits per heavy atom. The summed E-state index contributed by atoms with van der Waals surface area (Å²) in [5.41, 5.74) is 2.70. The van der Waals surface area contributed by atoms with Gasteiger partial charge in [-0.1, -0.05) is 26.8 Å². The fourth-order valence-electron chi connectivity index (χ4n) is 5.96. The van der Waals surface area contributed by atoms with Gasteiger partial charge in [-0.25, -0.2) is 9.97 Å². The number of Topliss-reactive ketones (excluding diaryl/α,β-unsaturated/α-hetero) is 1. The van der Waals surface area contributed by atoms with Crippen LogP contribution in [-0.4, -0.2) is 60.4 Å². The largest absolute Gasteiger partial charge is 0.352 e. The summed E-state index contributed by atoms with van der Waals surface area (Å²) < 4.78 is 1.60. The summed E-state index contributed by atoms with van der Waals surface area (Å²) in [6.45, 7) is 11.7. The maximum Gasteiger partial charge on any atom is 0.245 e. The number of amides is 2. The minimum Gasteiger partial charge on any atom is -0.352 e. The topological polar surface area (TPSA) is 110 Å². The standard InChI is InChI=1S/C29H36N6O3/c1-16(2)9-17(3)32-28(38)24-11-29(6)12-25(29)35(24)26(37)15-34-23-8-7-20(21-13-30-19(5)31-14-21)10-22(23)27(33-34)18(4)36/h7-8,10,13-14,16-17,24-25H,9,11-12,15H2,1-6H3,(H,32,38)/t17-,24+,25-,29+/m1/s1. The zero-order chi connectivity index (χ0) is 27.4. The normalized spacial score (nSPS) is 23.0. The molecule has 1 N–H and O–H groups in total. The molecule has 2 aromatic heterocycles. The second kappa shape index (κ2) is 9.60. The molecule has 9 heteroatoms. The lowest BCUT2D eigenvalue weighted by molar-refractivity contribution is -0.140. The van der Waals surface area contributed by atoms with E-state index in [2.05, 4.69) is 41.2 Å². The molecule has 2 fully saturated rings. The van der Waals surface area contributed by atoms with Crippen LogP contribution in [0.15, 0.2) is 30.6 Å². The molecule has 1 aliphatic carbocycles. The average Bonchev–Trinajstić information content (AvgIpc) is 3.21. The van der Waals surface area contributed by atoms with E-state index in [1.807, 2.05) is 32.0 Å². The van der Waals surface area contributed by atoms with Crippen molar-refractivity contribution in [2.75, 3.05) is 0 Å². The van der Waals surface area contributed by atoms with Gasteiger partial charge in [-0.05, 0) is 62.1 Å². The third-order valence-electron chi connectivity index (χ3n) is 7.92. The second-order valence-electron chi connectivity index (χ2n) is 11.7. The van der Waals surface area contributed by atoms with Gasteiger partial charge in [0.1, 0.15) is 24.1 Å². The van der Waals surface area contributed by atoms with Crippen molar-refractivity contribution in [1.29, 1.82) is 0 Å². The number of piperidine rings is 1. The van der Waals surface area contributed by atoms with Crippen molar-refractivity contribution in [3.63, 3.8) is 0 Å². The Labute approximate surface area is 223 Å². The molecular weight excluding hydrogens is 480 g/mol. The van der Waals surface area contributed by atoms with Gasteiger partial charge in [0.25, 0.3) is 0 Å². The van der Waals surface area contributed by atoms with E-state index in [1.165, 1.54) is 6.92 Å². The van der Waals surface area contributed by atoms with Crippen LogP contribution in [0.4, 0.5) is 0 Å². The van der Waals surface area contributed by atoms with Crippen molar-refractivity contribution in [3.05, 3.63) is 42.1 Å². The highest BCUT2D eigenvalue weighted by Crippen LogP contribution is 2.59. The number of ketones is 1. The van der Waals surface area contributed by atoms with Gasteiger partial charge >= 0.3 is 0 Å². The predicted molar refractivity (Wildman–Crippen MR) is 144 cm³/mol. The number of nitrogens with one attached hydrogen (secondary N) is 1. The molecule has 0 bridgehead atoms. The number of hydrogen-bond donors (Lipinski definition) is 1. The number of carbonyl (C=O) groups is 3. The quantitative estimate of drug-likeness (QED) is 0.454. The maximum atomic E-state index is 13.7. The van der Waals surface area contributed by atoms with E-state index < -0.39 is 6.04 Å². The van der Waals surface area contributed by atoms with Crippen molar-refractivity contribution in [3.8, 4) is 11.1 Å². The van der Waals surface area contributed by atoms with Crippen LogP contribution in [0.25, 0.3) is 22.0 Å². The Morgan fingerprint density at radius 2 is 1.82 bits per heavy atom. The number of fused-ring (bicyclic) bond motifs is 2. The van der Waals surface area contributed by atoms with Crippen molar-refractivity contribution in [1.82, 2.24) is 30.0 Å². The number of aromatic nitrogens is 4. The molecule has 1 aromatic carbocycles. The smallest absolute Gasteiger partial charge is 0.245 e. The lowest BCUT2D eigenvalue weighted by atomic mass is 10.0. The minimum atomic E-state index is -0.483. The third kappa shape index (κ3) is 4.81. The molecular formula is C29H36N6O3. The molecule has 4 atom stereocenters. The SMILES string of the molecule is CC(=O)c1nn(CC(=O)N2[C@H](C(=O)N[C@H](C)CC(C)C)C[C@@]3(C)C[C@@H]23)c2ccc(-c3cnc(C)nc3)cc12. The van der Waals surface area contributed by atoms with Crippen molar-refractivity contribution < 1.29 is 14.4 Å². The molecule has 0 spiro atoms. The molecule has 3 aromatic rings. The zero-order valence-corrected chi connectivity index (χ0v) is 23.0. The van der Waals surface area contributed by atoms with Gasteiger partial charge in [0.05, 0.1) is 5.52 Å². The van der Waals surface area contributed by atoms with E-state index in [0.717, 1.165) is 24.0 Å². The molecule has 38 heavy (non-hydrogen) atoms. The van der Waals surface area contributed by atoms with E-state index in [0.29, 0.717) is 34.8 Å². The molecule has 9 nitrogen and oxygen atoms in total. The summed E-state index contributed by atoms with van der Waals surface area (Å²) in [5, 5.41) is 8.35. The fraction of sp³-hybridized carbons (Fsp3) is 0.517. The number of benzene rings is 1. The number of hydrogen-bond acceptors (Lipinski definition) is 6. The number of rotatable bonds is 8. The summed E-state index contributed by atoms with van der Waals surface area (Å²) in [6.07, 6.45) is 5.96. The molecule has 2 amide bonds. The number of likely N-dealkylation sites (tertiary alicyclic amines) is 1. The molecule has 0 radical (unpaired) electrons. The first kappa shape index (κ1) is 26.0. The van der Waals surface area contributed by atoms with Crippen LogP contribution in [0.2, 0.25) is 0 Å². The summed E-state index contributed by atoms with van der Waals surface area (Å²) in [5.74, 6) is 0.745. The van der Waals surface area contributed by atoms with Gasteiger partial charge in [-0.15, -0.1) is 0 Å². The number of carbonyl (C=O) groups excluding carboxylic acids is 3. The van der Waals surface area contributed by atoms with Crippen molar-refractivity contribution in [2.24, 2.45) is 11.3 Å². The van der Waals surface area contributed by atoms with Gasteiger partial charge in [0, 0.05) is 42.4 Å². The Morgan fingerprint density at radius 1 is 1.11 bits per heavy atom. The first-order chi connectivity index (χ1) is 18.0. The molecule has 3 heterocycles. The van der Waals surface area contributed by atoms with Crippen LogP contribution in [0.3, 0.4) is 0 Å². The molecule has 0 unspecified atom stereocenters. The first-order valence-corrected chi connectivity index (χ1v) is 13.4. The van der Waals surface area contributed by atoms with Gasteiger partial charge in [0.15, 0.2) is 5.78 Å². The van der Waals surface area contributed by atoms with Crippen LogP contribution in [0.5, 0.6) is 0 Å². The summed E-state index contributed by atoms with van der Waals surface area (Å²) in [4.78, 5) is 49.7. The number of aryl methyl sites for hydroxylation is 1. The second-order valence-corrected chi connectivity index (χ2v) is 11.7. The van der Waals surface area contributed by atoms with Crippen LogP contribution in [0.1, 0.15) is 70.2 Å². The van der Waals surface area contributed by atoms with Gasteiger partial charge in [-0.3, -0.25) is 19.1 Å². The van der Waals surface area contributed by atoms with Crippen LogP contribution >= 0.6 is 0 Å². The Bertz CT molecular complexity index is 1410. The monoisotopic (exact) mass is 516 g/mol. The summed E-state index contributed by atoms with van der Waals surface area (Å²) in [7, 11) is 0. The van der Waals surface area contributed by atoms with E-state index in [9.17, 15) is 14.4 Å². The highest BCUT2D eigenvalue weighted by Gasteiger charge is 2.64. The van der Waals surface area contributed by atoms with Gasteiger partial charge in [-0.2, -0.15) is 5.10 Å². The van der Waals surface area contributed by atoms with Crippen molar-refractivity contribution >= 4 is 28.5 Å². The highest BCUT2D eigenvalue weighted by atomic mass is 16.2. The lowest BCUT2D eigenvalue weighted by Crippen LogP contribution is -2.50. The Hall–Kier alpha value is -3.62. The predicted octanol–water partition coefficient (Wildman–Crippen LogP) is 3.93. The number of nitrogens with zero attached hydrogens (tertiary/aromatic N) is 5. The van der Waals surface area contributed by atoms with E-state index in [1.54, 1.807) is 22.0 Å². The average molecular weight is 517 g/mol. The maximum absolute atomic E-state index is 13.7. The fourth-order valence-corrected chi connectivity index (χ4v) is 5.96. The van der Waals surface area contributed by atoms with Crippen LogP contribution < -0.4 is 5.32 Å². The molecule has 2 aliphatic rings. The van der Waals surface area contributed by atoms with Gasteiger partial charge in [0.2, 0.25) is 11.8 Å². The lowest BCUT2D eigenvalue weighted by Gasteiger charge is -2.28. The Balaban J connectivity index is 1.41. The van der Waals surface area contributed by atoms with E-state index >= 15 is 0 Å². The van der Waals surface area contributed by atoms with E-state index in [4.69, 9.17) is 0 Å². The van der Waals surface area contributed by atoms with Crippen molar-refractivity contribution in [2.45, 2.75) is 85.5 Å². The summed E-state index contributed by atoms with van der Waals surface area (Å²) >= 11 is 0. The Kier molecular flexibility index (Phi) is 6.57. The molecule has 200 valence electrons. The zero-order valence-electron chi connectivity index (χ0n) is 23.0. The summed E-state index contributed by atoms with van der Waals surface area (Å²) in [6, 6.07) is 5.32. The molecule has 1 aliphatic heterocycles. The van der Waals surface area contributed by atoms with Crippen LogP contribution in [0, 0.1) is 18.3 Å². The highest BCUT2D eigenvalue weighted by molar-refractivity contribution is 6.06. The van der Waals surface area contributed by atoms with E-state index in [-0.39, 0.29) is 41.6 Å². The molecule has 5 rings (SSSR count). The third-order valence-corrected chi connectivity index (χ3v) is 7.92. The molecule has 1 saturated carbocycles. The van der Waals surface area contributed by atoms with Crippen LogP contribution in [-0.2, 0) is 16.1 Å². The minimum absolute atomic E-state index is 0.0132. The first-order valence-electron chi connectivity index (χ1n) is 13.4. The van der Waals surface area contributed by atoms with Gasteiger partial charge < -0.3 is 10.2 Å².